The van der Waals surface area contributed by atoms with E-state index in [1.807, 2.05) is 12.1 Å². The lowest BCUT2D eigenvalue weighted by atomic mass is 9.52. The average molecular weight is 458 g/mol. The van der Waals surface area contributed by atoms with Crippen LogP contribution in [0.4, 0.5) is 0 Å². The molecule has 0 aromatic heterocycles. The molecule has 2 amide bonds. The molecule has 1 aromatic carbocycles. The Morgan fingerprint density at radius 1 is 1.03 bits per heavy atom. The fourth-order valence-electron chi connectivity index (χ4n) is 7.52. The zero-order chi connectivity index (χ0) is 22.3. The van der Waals surface area contributed by atoms with Gasteiger partial charge in [0.15, 0.2) is 0 Å². The molecule has 0 atom stereocenters. The number of piperidine rings is 1. The van der Waals surface area contributed by atoms with Crippen molar-refractivity contribution in [2.45, 2.75) is 63.5 Å². The molecule has 0 spiro atoms. The standard InChI is InChI=1S/C26H36ClN3O2/c1-28-25(32)22-6-8-29(9-7-22)17-24(31)30(16-18-2-4-23(27)5-3-18)26-13-19-10-20(14-26)12-21(11-19)15-26/h2-5,19-22H,6-17H2,1H3,(H,28,32). The molecule has 4 bridgehead atoms. The first-order valence-corrected chi connectivity index (χ1v) is 12.8. The average Bonchev–Trinajstić information content (AvgIpc) is 2.77. The van der Waals surface area contributed by atoms with Gasteiger partial charge >= 0.3 is 0 Å². The molecule has 6 heteroatoms. The molecule has 1 heterocycles. The number of amides is 2. The topological polar surface area (TPSA) is 52.7 Å². The molecule has 1 aliphatic heterocycles. The molecule has 1 N–H and O–H groups in total. The molecular weight excluding hydrogens is 422 g/mol. The first-order valence-electron chi connectivity index (χ1n) is 12.4. The van der Waals surface area contributed by atoms with E-state index in [9.17, 15) is 9.59 Å². The molecule has 1 aromatic rings. The maximum atomic E-state index is 13.8. The van der Waals surface area contributed by atoms with Crippen molar-refractivity contribution in [2.24, 2.45) is 23.7 Å². The second-order valence-electron chi connectivity index (χ2n) is 10.9. The van der Waals surface area contributed by atoms with Gasteiger partial charge in [0.2, 0.25) is 11.8 Å². The zero-order valence-corrected chi connectivity index (χ0v) is 19.9. The third-order valence-corrected chi connectivity index (χ3v) is 8.95. The van der Waals surface area contributed by atoms with Gasteiger partial charge in [0, 0.05) is 30.1 Å². The van der Waals surface area contributed by atoms with E-state index in [1.54, 1.807) is 7.05 Å². The summed E-state index contributed by atoms with van der Waals surface area (Å²) in [5, 5.41) is 3.51. The molecule has 5 fully saturated rings. The number of rotatable bonds is 6. The largest absolute Gasteiger partial charge is 0.359 e. The van der Waals surface area contributed by atoms with Crippen LogP contribution in [0, 0.1) is 23.7 Å². The van der Waals surface area contributed by atoms with Crippen LogP contribution in [0.2, 0.25) is 5.02 Å². The van der Waals surface area contributed by atoms with Gasteiger partial charge in [-0.1, -0.05) is 23.7 Å². The lowest BCUT2D eigenvalue weighted by Gasteiger charge is -2.60. The highest BCUT2D eigenvalue weighted by Gasteiger charge is 2.54. The van der Waals surface area contributed by atoms with Crippen LogP contribution in [-0.4, -0.2) is 53.8 Å². The van der Waals surface area contributed by atoms with Gasteiger partial charge in [-0.25, -0.2) is 0 Å². The number of carbonyl (C=O) groups is 2. The molecule has 0 radical (unpaired) electrons. The molecule has 5 aliphatic rings. The van der Waals surface area contributed by atoms with Crippen molar-refractivity contribution >= 4 is 23.4 Å². The predicted molar refractivity (Wildman–Crippen MR) is 126 cm³/mol. The first kappa shape index (κ1) is 22.2. The fourth-order valence-corrected chi connectivity index (χ4v) is 7.65. The summed E-state index contributed by atoms with van der Waals surface area (Å²) in [6.45, 7) is 2.78. The number of carbonyl (C=O) groups excluding carboxylic acids is 2. The van der Waals surface area contributed by atoms with E-state index in [-0.39, 0.29) is 23.3 Å². The summed E-state index contributed by atoms with van der Waals surface area (Å²) in [7, 11) is 1.71. The minimum absolute atomic E-state index is 0.0336. The molecule has 32 heavy (non-hydrogen) atoms. The quantitative estimate of drug-likeness (QED) is 0.699. The SMILES string of the molecule is CNC(=O)C1CCN(CC(=O)N(Cc2ccc(Cl)cc2)C23CC4CC(CC(C4)C2)C3)CC1. The molecule has 5 nitrogen and oxygen atoms in total. The smallest absolute Gasteiger partial charge is 0.237 e. The van der Waals surface area contributed by atoms with Crippen LogP contribution in [0.5, 0.6) is 0 Å². The summed E-state index contributed by atoms with van der Waals surface area (Å²) in [4.78, 5) is 30.4. The van der Waals surface area contributed by atoms with Crippen molar-refractivity contribution in [3.63, 3.8) is 0 Å². The fraction of sp³-hybridized carbons (Fsp3) is 0.692. The molecule has 174 valence electrons. The maximum Gasteiger partial charge on any atom is 0.237 e. The van der Waals surface area contributed by atoms with Crippen LogP contribution in [0.3, 0.4) is 0 Å². The lowest BCUT2D eigenvalue weighted by molar-refractivity contribution is -0.153. The number of hydrogen-bond donors (Lipinski definition) is 1. The van der Waals surface area contributed by atoms with Crippen LogP contribution in [0.15, 0.2) is 24.3 Å². The number of nitrogens with one attached hydrogen (secondary N) is 1. The van der Waals surface area contributed by atoms with Crippen LogP contribution >= 0.6 is 11.6 Å². The molecular formula is C26H36ClN3O2. The van der Waals surface area contributed by atoms with E-state index in [2.05, 4.69) is 27.2 Å². The monoisotopic (exact) mass is 457 g/mol. The minimum atomic E-state index is 0.0336. The Morgan fingerprint density at radius 3 is 2.12 bits per heavy atom. The van der Waals surface area contributed by atoms with E-state index in [1.165, 1.54) is 38.5 Å². The van der Waals surface area contributed by atoms with Crippen LogP contribution in [0.25, 0.3) is 0 Å². The number of likely N-dealkylation sites (tertiary alicyclic amines) is 1. The van der Waals surface area contributed by atoms with Crippen molar-refractivity contribution in [1.82, 2.24) is 15.1 Å². The van der Waals surface area contributed by atoms with Gasteiger partial charge in [-0.05, 0) is 99.9 Å². The molecule has 1 saturated heterocycles. The van der Waals surface area contributed by atoms with Gasteiger partial charge in [-0.15, -0.1) is 0 Å². The van der Waals surface area contributed by atoms with Crippen LogP contribution in [0.1, 0.15) is 56.9 Å². The normalized spacial score (nSPS) is 32.1. The number of nitrogens with zero attached hydrogens (tertiary/aromatic N) is 2. The van der Waals surface area contributed by atoms with Gasteiger partial charge in [-0.3, -0.25) is 14.5 Å². The molecule has 4 saturated carbocycles. The summed E-state index contributed by atoms with van der Waals surface area (Å²) in [6, 6.07) is 8.00. The third-order valence-electron chi connectivity index (χ3n) is 8.70. The van der Waals surface area contributed by atoms with Crippen molar-refractivity contribution in [1.29, 1.82) is 0 Å². The predicted octanol–water partition coefficient (Wildman–Crippen LogP) is 4.10. The van der Waals surface area contributed by atoms with Crippen LogP contribution in [-0.2, 0) is 16.1 Å². The Kier molecular flexibility index (Phi) is 6.23. The second kappa shape index (κ2) is 8.98. The van der Waals surface area contributed by atoms with Gasteiger partial charge in [-0.2, -0.15) is 0 Å². The number of halogens is 1. The van der Waals surface area contributed by atoms with Gasteiger partial charge in [0.1, 0.15) is 0 Å². The highest BCUT2D eigenvalue weighted by Crippen LogP contribution is 2.58. The summed E-state index contributed by atoms with van der Waals surface area (Å²) in [5.41, 5.74) is 1.20. The van der Waals surface area contributed by atoms with Crippen LogP contribution < -0.4 is 5.32 Å². The minimum Gasteiger partial charge on any atom is -0.359 e. The van der Waals surface area contributed by atoms with Gasteiger partial charge in [0.05, 0.1) is 6.54 Å². The highest BCUT2D eigenvalue weighted by atomic mass is 35.5. The van der Waals surface area contributed by atoms with Crippen molar-refractivity contribution in [3.05, 3.63) is 34.9 Å². The Morgan fingerprint density at radius 2 is 1.59 bits per heavy atom. The third kappa shape index (κ3) is 4.43. The number of hydrogen-bond acceptors (Lipinski definition) is 3. The maximum absolute atomic E-state index is 13.8. The Hall–Kier alpha value is -1.59. The van der Waals surface area contributed by atoms with Gasteiger partial charge < -0.3 is 10.2 Å². The highest BCUT2D eigenvalue weighted by molar-refractivity contribution is 6.30. The summed E-state index contributed by atoms with van der Waals surface area (Å²) >= 11 is 6.12. The Balaban J connectivity index is 1.32. The molecule has 6 rings (SSSR count). The number of benzene rings is 1. The molecule has 0 unspecified atom stereocenters. The van der Waals surface area contributed by atoms with E-state index in [0.717, 1.165) is 54.3 Å². The Labute approximate surface area is 196 Å². The summed E-state index contributed by atoms with van der Waals surface area (Å²) in [6.07, 6.45) is 9.31. The van der Waals surface area contributed by atoms with E-state index >= 15 is 0 Å². The van der Waals surface area contributed by atoms with Crippen molar-refractivity contribution < 1.29 is 9.59 Å². The van der Waals surface area contributed by atoms with E-state index < -0.39 is 0 Å². The Bertz CT molecular complexity index is 812. The zero-order valence-electron chi connectivity index (χ0n) is 19.2. The van der Waals surface area contributed by atoms with Gasteiger partial charge in [0.25, 0.3) is 0 Å². The second-order valence-corrected chi connectivity index (χ2v) is 11.3. The van der Waals surface area contributed by atoms with E-state index in [0.29, 0.717) is 13.1 Å². The first-order chi connectivity index (χ1) is 15.4. The van der Waals surface area contributed by atoms with E-state index in [4.69, 9.17) is 11.6 Å². The van der Waals surface area contributed by atoms with Crippen molar-refractivity contribution in [3.8, 4) is 0 Å². The van der Waals surface area contributed by atoms with Crippen molar-refractivity contribution in [2.75, 3.05) is 26.7 Å². The molecule has 4 aliphatic carbocycles. The lowest BCUT2D eigenvalue weighted by Crippen LogP contribution is -2.62. The summed E-state index contributed by atoms with van der Waals surface area (Å²) < 4.78 is 0. The summed E-state index contributed by atoms with van der Waals surface area (Å²) in [5.74, 6) is 2.87.